The number of nitrogens with zero attached hydrogens (tertiary/aromatic N) is 1. The van der Waals surface area contributed by atoms with E-state index in [1.807, 2.05) is 30.3 Å². The SMILES string of the molecule is C/C(N)=C(\O)N(N)Cc1ccccc1. The molecule has 0 saturated carbocycles. The van der Waals surface area contributed by atoms with Crippen LogP contribution in [0.15, 0.2) is 41.9 Å². The van der Waals surface area contributed by atoms with Crippen LogP contribution in [-0.2, 0) is 6.54 Å². The molecule has 0 atom stereocenters. The summed E-state index contributed by atoms with van der Waals surface area (Å²) in [6.07, 6.45) is 0. The fraction of sp³-hybridized carbons (Fsp3) is 0.200. The maximum absolute atomic E-state index is 9.41. The Kier molecular flexibility index (Phi) is 3.36. The summed E-state index contributed by atoms with van der Waals surface area (Å²) in [7, 11) is 0. The number of aliphatic hydroxyl groups excluding tert-OH is 1. The predicted octanol–water partition coefficient (Wildman–Crippen LogP) is 1.07. The van der Waals surface area contributed by atoms with Crippen LogP contribution in [0, 0.1) is 0 Å². The van der Waals surface area contributed by atoms with Crippen molar-refractivity contribution in [1.29, 1.82) is 0 Å². The van der Waals surface area contributed by atoms with E-state index in [-0.39, 0.29) is 5.88 Å². The van der Waals surface area contributed by atoms with Gasteiger partial charge in [-0.2, -0.15) is 0 Å². The van der Waals surface area contributed by atoms with Crippen molar-refractivity contribution in [2.45, 2.75) is 13.5 Å². The molecule has 0 amide bonds. The highest BCUT2D eigenvalue weighted by Crippen LogP contribution is 2.05. The number of benzene rings is 1. The van der Waals surface area contributed by atoms with Gasteiger partial charge < -0.3 is 10.8 Å². The van der Waals surface area contributed by atoms with Gasteiger partial charge in [0.15, 0.2) is 0 Å². The Morgan fingerprint density at radius 1 is 1.36 bits per heavy atom. The maximum Gasteiger partial charge on any atom is 0.220 e. The lowest BCUT2D eigenvalue weighted by atomic mass is 10.2. The summed E-state index contributed by atoms with van der Waals surface area (Å²) < 4.78 is 0. The Labute approximate surface area is 83.4 Å². The van der Waals surface area contributed by atoms with Crippen molar-refractivity contribution < 1.29 is 5.11 Å². The minimum Gasteiger partial charge on any atom is -0.493 e. The highest BCUT2D eigenvalue weighted by Gasteiger charge is 2.05. The molecular weight excluding hydrogens is 178 g/mol. The fourth-order valence-corrected chi connectivity index (χ4v) is 1.08. The Morgan fingerprint density at radius 3 is 2.43 bits per heavy atom. The van der Waals surface area contributed by atoms with Gasteiger partial charge in [-0.1, -0.05) is 30.3 Å². The molecule has 4 nitrogen and oxygen atoms in total. The molecule has 5 N–H and O–H groups in total. The van der Waals surface area contributed by atoms with Crippen LogP contribution in [0.1, 0.15) is 12.5 Å². The van der Waals surface area contributed by atoms with Crippen molar-refractivity contribution in [2.75, 3.05) is 0 Å². The van der Waals surface area contributed by atoms with Crippen molar-refractivity contribution in [2.24, 2.45) is 11.6 Å². The number of hydrogen-bond donors (Lipinski definition) is 3. The van der Waals surface area contributed by atoms with Gasteiger partial charge in [0.05, 0.1) is 12.2 Å². The molecule has 4 heteroatoms. The first-order valence-corrected chi connectivity index (χ1v) is 4.32. The third-order valence-corrected chi connectivity index (χ3v) is 1.82. The summed E-state index contributed by atoms with van der Waals surface area (Å²) in [5.74, 6) is 5.51. The van der Waals surface area contributed by atoms with Crippen LogP contribution >= 0.6 is 0 Å². The van der Waals surface area contributed by atoms with Gasteiger partial charge in [0.1, 0.15) is 0 Å². The summed E-state index contributed by atoms with van der Waals surface area (Å²) in [5.41, 5.74) is 6.72. The Bertz CT molecular complexity index is 317. The topological polar surface area (TPSA) is 75.5 Å². The Balaban J connectivity index is 2.67. The maximum atomic E-state index is 9.41. The van der Waals surface area contributed by atoms with E-state index in [0.717, 1.165) is 5.56 Å². The molecule has 0 aliphatic rings. The number of hydrazine groups is 1. The molecule has 0 fully saturated rings. The first-order valence-electron chi connectivity index (χ1n) is 4.32. The molecule has 0 heterocycles. The summed E-state index contributed by atoms with van der Waals surface area (Å²) in [4.78, 5) is 0. The van der Waals surface area contributed by atoms with Gasteiger partial charge in [0, 0.05) is 0 Å². The van der Waals surface area contributed by atoms with E-state index in [4.69, 9.17) is 11.6 Å². The lowest BCUT2D eigenvalue weighted by Crippen LogP contribution is -2.31. The van der Waals surface area contributed by atoms with Crippen LogP contribution in [0.3, 0.4) is 0 Å². The van der Waals surface area contributed by atoms with Gasteiger partial charge >= 0.3 is 0 Å². The number of nitrogens with two attached hydrogens (primary N) is 2. The lowest BCUT2D eigenvalue weighted by Gasteiger charge is -2.18. The molecule has 0 unspecified atom stereocenters. The van der Waals surface area contributed by atoms with E-state index in [1.54, 1.807) is 6.92 Å². The molecule has 1 rings (SSSR count). The summed E-state index contributed by atoms with van der Waals surface area (Å²) in [5, 5.41) is 10.6. The monoisotopic (exact) mass is 193 g/mol. The minimum atomic E-state index is -0.0890. The molecule has 0 spiro atoms. The van der Waals surface area contributed by atoms with Crippen LogP contribution in [0.5, 0.6) is 0 Å². The van der Waals surface area contributed by atoms with E-state index < -0.39 is 0 Å². The van der Waals surface area contributed by atoms with Crippen LogP contribution in [0.4, 0.5) is 0 Å². The molecule has 0 saturated heterocycles. The zero-order valence-electron chi connectivity index (χ0n) is 8.14. The number of rotatable bonds is 3. The smallest absolute Gasteiger partial charge is 0.220 e. The van der Waals surface area contributed by atoms with E-state index in [9.17, 15) is 5.11 Å². The van der Waals surface area contributed by atoms with Gasteiger partial charge in [-0.05, 0) is 12.5 Å². The first-order chi connectivity index (χ1) is 6.61. The average Bonchev–Trinajstić information content (AvgIpc) is 2.18. The van der Waals surface area contributed by atoms with E-state index in [1.165, 1.54) is 5.01 Å². The number of aliphatic hydroxyl groups is 1. The number of allylic oxidation sites excluding steroid dienone is 1. The summed E-state index contributed by atoms with van der Waals surface area (Å²) in [6.45, 7) is 2.03. The Hall–Kier alpha value is -1.68. The molecule has 14 heavy (non-hydrogen) atoms. The third-order valence-electron chi connectivity index (χ3n) is 1.82. The van der Waals surface area contributed by atoms with Crippen molar-refractivity contribution in [3.8, 4) is 0 Å². The Morgan fingerprint density at radius 2 is 1.93 bits per heavy atom. The van der Waals surface area contributed by atoms with Crippen LogP contribution in [-0.4, -0.2) is 10.1 Å². The third kappa shape index (κ3) is 2.67. The van der Waals surface area contributed by atoms with Gasteiger partial charge in [0.2, 0.25) is 5.88 Å². The highest BCUT2D eigenvalue weighted by atomic mass is 16.3. The van der Waals surface area contributed by atoms with Crippen molar-refractivity contribution in [3.05, 3.63) is 47.5 Å². The van der Waals surface area contributed by atoms with E-state index in [0.29, 0.717) is 12.2 Å². The second-order valence-corrected chi connectivity index (χ2v) is 3.12. The zero-order chi connectivity index (χ0) is 10.6. The van der Waals surface area contributed by atoms with Gasteiger partial charge in [-0.3, -0.25) is 5.01 Å². The molecular formula is C10H15N3O. The van der Waals surface area contributed by atoms with Crippen molar-refractivity contribution >= 4 is 0 Å². The fourth-order valence-electron chi connectivity index (χ4n) is 1.08. The minimum absolute atomic E-state index is 0.0890. The standard InChI is InChI=1S/C10H15N3O/c1-8(11)10(14)13(12)7-9-5-3-2-4-6-9/h2-6,14H,7,11-12H2,1H3/b10-8+. The molecule has 0 radical (unpaired) electrons. The molecule has 0 bridgehead atoms. The van der Waals surface area contributed by atoms with Gasteiger partial charge in [-0.15, -0.1) is 0 Å². The largest absolute Gasteiger partial charge is 0.493 e. The quantitative estimate of drug-likeness (QED) is 0.381. The first kappa shape index (κ1) is 10.4. The van der Waals surface area contributed by atoms with Gasteiger partial charge in [0.25, 0.3) is 0 Å². The normalized spacial score (nSPS) is 12.1. The average molecular weight is 193 g/mol. The molecule has 0 aliphatic heterocycles. The van der Waals surface area contributed by atoms with Crippen molar-refractivity contribution in [1.82, 2.24) is 5.01 Å². The molecule has 76 valence electrons. The second kappa shape index (κ2) is 4.53. The van der Waals surface area contributed by atoms with E-state index in [2.05, 4.69) is 0 Å². The molecule has 0 aromatic heterocycles. The molecule has 1 aromatic carbocycles. The summed E-state index contributed by atoms with van der Waals surface area (Å²) in [6, 6.07) is 9.62. The van der Waals surface area contributed by atoms with Crippen LogP contribution in [0.2, 0.25) is 0 Å². The highest BCUT2D eigenvalue weighted by molar-refractivity contribution is 5.15. The van der Waals surface area contributed by atoms with Gasteiger partial charge in [-0.25, -0.2) is 5.84 Å². The molecule has 0 aliphatic carbocycles. The lowest BCUT2D eigenvalue weighted by molar-refractivity contribution is 0.192. The number of hydrogen-bond acceptors (Lipinski definition) is 4. The van der Waals surface area contributed by atoms with Crippen LogP contribution in [0.25, 0.3) is 0 Å². The summed E-state index contributed by atoms with van der Waals surface area (Å²) >= 11 is 0. The second-order valence-electron chi connectivity index (χ2n) is 3.12. The van der Waals surface area contributed by atoms with E-state index >= 15 is 0 Å². The molecule has 1 aromatic rings. The predicted molar refractivity (Wildman–Crippen MR) is 55.7 cm³/mol. The zero-order valence-corrected chi connectivity index (χ0v) is 8.14. The van der Waals surface area contributed by atoms with Crippen molar-refractivity contribution in [3.63, 3.8) is 0 Å². The van der Waals surface area contributed by atoms with Crippen LogP contribution < -0.4 is 11.6 Å².